The molecule has 0 saturated carbocycles. The minimum atomic E-state index is -0.240. The number of amides is 1. The lowest BCUT2D eigenvalue weighted by molar-refractivity contribution is 0.102. The number of benzene rings is 4. The summed E-state index contributed by atoms with van der Waals surface area (Å²) in [7, 11) is 7.32. The minimum absolute atomic E-state index is 0.0649. The number of nitrogens with zero attached hydrogens (tertiary/aromatic N) is 2. The Morgan fingerprint density at radius 3 is 2.31 bits per heavy atom. The van der Waals surface area contributed by atoms with Gasteiger partial charge in [-0.25, -0.2) is 0 Å². The van der Waals surface area contributed by atoms with Gasteiger partial charge in [0, 0.05) is 30.1 Å². The van der Waals surface area contributed by atoms with Gasteiger partial charge in [0.25, 0.3) is 5.91 Å². The smallest absolute Gasteiger partial charge is 0.257 e. The van der Waals surface area contributed by atoms with Gasteiger partial charge in [-0.3, -0.25) is 9.59 Å². The fraction of sp³-hybridized carbons (Fsp3) is 0.257. The number of hydrogen-bond acceptors (Lipinski definition) is 5. The summed E-state index contributed by atoms with van der Waals surface area (Å²) in [5.74, 6) is 1.25. The zero-order valence-electron chi connectivity index (χ0n) is 24.6. The predicted octanol–water partition coefficient (Wildman–Crippen LogP) is 6.42. The lowest BCUT2D eigenvalue weighted by atomic mass is 10.0. The molecule has 0 aliphatic carbocycles. The first-order chi connectivity index (χ1) is 20.4. The van der Waals surface area contributed by atoms with Crippen molar-refractivity contribution in [1.82, 2.24) is 9.47 Å². The fourth-order valence-corrected chi connectivity index (χ4v) is 5.53. The lowest BCUT2D eigenvalue weighted by Gasteiger charge is -2.18. The molecule has 0 unspecified atom stereocenters. The van der Waals surface area contributed by atoms with Crippen LogP contribution in [0.1, 0.15) is 34.3 Å². The van der Waals surface area contributed by atoms with Gasteiger partial charge in [0.2, 0.25) is 0 Å². The van der Waals surface area contributed by atoms with Gasteiger partial charge in [-0.1, -0.05) is 36.4 Å². The van der Waals surface area contributed by atoms with E-state index in [-0.39, 0.29) is 11.3 Å². The number of unbranched alkanes of at least 4 members (excludes halogenated alkanes) is 1. The number of methoxy groups -OCH3 is 2. The van der Waals surface area contributed by atoms with Crippen molar-refractivity contribution in [2.24, 2.45) is 7.05 Å². The predicted molar refractivity (Wildman–Crippen MR) is 170 cm³/mol. The average Bonchev–Trinajstić information content (AvgIpc) is 3.02. The van der Waals surface area contributed by atoms with Crippen LogP contribution in [-0.4, -0.2) is 43.2 Å². The number of ether oxygens (including phenoxy) is 2. The van der Waals surface area contributed by atoms with Gasteiger partial charge >= 0.3 is 0 Å². The average molecular weight is 564 g/mol. The molecule has 0 aliphatic rings. The number of nitrogens with one attached hydrogen (secondary N) is 1. The molecule has 0 saturated heterocycles. The maximum absolute atomic E-state index is 13.3. The molecule has 1 N–H and O–H groups in total. The third kappa shape index (κ3) is 6.16. The van der Waals surface area contributed by atoms with Crippen molar-refractivity contribution in [3.8, 4) is 11.5 Å². The highest BCUT2D eigenvalue weighted by Crippen LogP contribution is 2.28. The molecular formula is C35H37N3O4. The van der Waals surface area contributed by atoms with Crippen LogP contribution in [0.5, 0.6) is 11.5 Å². The highest BCUT2D eigenvalue weighted by molar-refractivity contribution is 6.13. The van der Waals surface area contributed by atoms with Crippen LogP contribution in [0.25, 0.3) is 21.8 Å². The molecule has 1 amide bonds. The first-order valence-electron chi connectivity index (χ1n) is 14.2. The van der Waals surface area contributed by atoms with E-state index < -0.39 is 0 Å². The van der Waals surface area contributed by atoms with Crippen molar-refractivity contribution in [3.63, 3.8) is 0 Å². The van der Waals surface area contributed by atoms with Crippen molar-refractivity contribution in [2.45, 2.75) is 25.8 Å². The summed E-state index contributed by atoms with van der Waals surface area (Å²) >= 11 is 0. The highest BCUT2D eigenvalue weighted by atomic mass is 16.5. The Balaban J connectivity index is 1.17. The van der Waals surface area contributed by atoms with Gasteiger partial charge < -0.3 is 24.3 Å². The number of pyridine rings is 1. The highest BCUT2D eigenvalue weighted by Gasteiger charge is 2.16. The molecule has 216 valence electrons. The molecule has 4 aromatic carbocycles. The largest absolute Gasteiger partial charge is 0.493 e. The Morgan fingerprint density at radius 2 is 1.55 bits per heavy atom. The van der Waals surface area contributed by atoms with E-state index in [2.05, 4.69) is 35.5 Å². The Morgan fingerprint density at radius 1 is 0.833 bits per heavy atom. The van der Waals surface area contributed by atoms with E-state index in [1.54, 1.807) is 32.4 Å². The maximum atomic E-state index is 13.3. The molecule has 0 radical (unpaired) electrons. The van der Waals surface area contributed by atoms with Crippen LogP contribution in [-0.2, 0) is 20.0 Å². The number of fused-ring (bicyclic) bond motifs is 2. The molecule has 5 rings (SSSR count). The number of aryl methyl sites for hydroxylation is 2. The SMILES string of the molecule is COc1ccc(CN(C)CCCCc2ccc(NC(=O)c3cccc4c(=O)c5ccccc5n(C)c34)cc2)cc1OC. The summed E-state index contributed by atoms with van der Waals surface area (Å²) < 4.78 is 12.7. The van der Waals surface area contributed by atoms with Crippen LogP contribution in [0.15, 0.2) is 89.7 Å². The van der Waals surface area contributed by atoms with Gasteiger partial charge in [-0.2, -0.15) is 0 Å². The second-order valence-electron chi connectivity index (χ2n) is 10.6. The van der Waals surface area contributed by atoms with E-state index in [0.717, 1.165) is 55.1 Å². The maximum Gasteiger partial charge on any atom is 0.257 e. The van der Waals surface area contributed by atoms with Crippen molar-refractivity contribution < 1.29 is 14.3 Å². The van der Waals surface area contributed by atoms with E-state index in [4.69, 9.17) is 9.47 Å². The topological polar surface area (TPSA) is 72.8 Å². The molecule has 42 heavy (non-hydrogen) atoms. The van der Waals surface area contributed by atoms with Gasteiger partial charge in [-0.05, 0) is 92.5 Å². The molecule has 7 nitrogen and oxygen atoms in total. The summed E-state index contributed by atoms with van der Waals surface area (Å²) in [6.45, 7) is 1.83. The fourth-order valence-electron chi connectivity index (χ4n) is 5.53. The van der Waals surface area contributed by atoms with Gasteiger partial charge in [0.05, 0.1) is 30.8 Å². The molecule has 7 heteroatoms. The van der Waals surface area contributed by atoms with E-state index in [0.29, 0.717) is 21.9 Å². The van der Waals surface area contributed by atoms with Gasteiger partial charge in [0.15, 0.2) is 16.9 Å². The van der Waals surface area contributed by atoms with Crippen LogP contribution in [0.3, 0.4) is 0 Å². The van der Waals surface area contributed by atoms with Crippen LogP contribution in [0, 0.1) is 0 Å². The number of carbonyl (C=O) groups excluding carboxylic acids is 1. The summed E-state index contributed by atoms with van der Waals surface area (Å²) in [6.07, 6.45) is 3.12. The van der Waals surface area contributed by atoms with Crippen LogP contribution >= 0.6 is 0 Å². The Labute approximate surface area is 246 Å². The summed E-state index contributed by atoms with van der Waals surface area (Å²) in [5.41, 5.74) is 4.98. The Kier molecular flexibility index (Phi) is 8.88. The molecule has 1 heterocycles. The zero-order valence-corrected chi connectivity index (χ0v) is 24.6. The third-order valence-electron chi connectivity index (χ3n) is 7.74. The van der Waals surface area contributed by atoms with Crippen molar-refractivity contribution in [3.05, 3.63) is 112 Å². The second-order valence-corrected chi connectivity index (χ2v) is 10.6. The molecule has 0 aliphatic heterocycles. The molecule has 5 aromatic rings. The minimum Gasteiger partial charge on any atom is -0.493 e. The number of carbonyl (C=O) groups is 1. The molecule has 0 atom stereocenters. The number of aromatic nitrogens is 1. The van der Waals surface area contributed by atoms with Gasteiger partial charge in [0.1, 0.15) is 0 Å². The number of hydrogen-bond donors (Lipinski definition) is 1. The quantitative estimate of drug-likeness (QED) is 0.148. The molecule has 0 fully saturated rings. The first kappa shape index (κ1) is 28.9. The van der Waals surface area contributed by atoms with E-state index in [1.165, 1.54) is 11.1 Å². The normalized spacial score (nSPS) is 11.3. The van der Waals surface area contributed by atoms with Crippen LogP contribution < -0.4 is 20.2 Å². The third-order valence-corrected chi connectivity index (χ3v) is 7.74. The van der Waals surface area contributed by atoms with E-state index in [1.807, 2.05) is 60.1 Å². The lowest BCUT2D eigenvalue weighted by Crippen LogP contribution is -2.19. The second kappa shape index (κ2) is 12.9. The summed E-state index contributed by atoms with van der Waals surface area (Å²) in [4.78, 5) is 28.8. The van der Waals surface area contributed by atoms with E-state index >= 15 is 0 Å². The molecular weight excluding hydrogens is 526 g/mol. The van der Waals surface area contributed by atoms with Gasteiger partial charge in [-0.15, -0.1) is 0 Å². The van der Waals surface area contributed by atoms with Crippen molar-refractivity contribution in [1.29, 1.82) is 0 Å². The molecule has 1 aromatic heterocycles. The van der Waals surface area contributed by atoms with E-state index in [9.17, 15) is 9.59 Å². The Hall–Kier alpha value is -4.62. The van der Waals surface area contributed by atoms with Crippen LogP contribution in [0.2, 0.25) is 0 Å². The summed E-state index contributed by atoms with van der Waals surface area (Å²) in [6, 6.07) is 26.8. The number of para-hydroxylation sites is 2. The zero-order chi connectivity index (χ0) is 29.6. The molecule has 0 bridgehead atoms. The number of rotatable bonds is 11. The summed E-state index contributed by atoms with van der Waals surface area (Å²) in [5, 5.41) is 4.19. The standard InChI is InChI=1S/C35H37N3O4/c1-37(23-25-17-20-31(41-3)32(22-25)42-4)21-8-7-10-24-15-18-26(19-16-24)36-35(40)29-13-9-12-28-33(29)38(2)30-14-6-5-11-27(30)34(28)39/h5-6,9,11-20,22H,7-8,10,21,23H2,1-4H3,(H,36,40). The van der Waals surface area contributed by atoms with Crippen LogP contribution in [0.4, 0.5) is 5.69 Å². The Bertz CT molecular complexity index is 1780. The monoisotopic (exact) mass is 563 g/mol. The van der Waals surface area contributed by atoms with Crippen molar-refractivity contribution in [2.75, 3.05) is 33.1 Å². The first-order valence-corrected chi connectivity index (χ1v) is 14.2. The number of anilines is 1. The molecule has 0 spiro atoms. The van der Waals surface area contributed by atoms with Crippen molar-refractivity contribution >= 4 is 33.4 Å².